The predicted octanol–water partition coefficient (Wildman–Crippen LogP) is 3.27. The van der Waals surface area contributed by atoms with Gasteiger partial charge >= 0.3 is 0 Å². The largest absolute Gasteiger partial charge is 0.356 e. The van der Waals surface area contributed by atoms with E-state index in [-0.39, 0.29) is 0 Å². The van der Waals surface area contributed by atoms with Gasteiger partial charge in [-0.3, -0.25) is 9.98 Å². The van der Waals surface area contributed by atoms with Crippen molar-refractivity contribution in [1.29, 1.82) is 0 Å². The van der Waals surface area contributed by atoms with Gasteiger partial charge in [-0.05, 0) is 31.4 Å². The van der Waals surface area contributed by atoms with Crippen molar-refractivity contribution in [1.82, 2.24) is 15.6 Å². The second-order valence-electron chi connectivity index (χ2n) is 5.49. The van der Waals surface area contributed by atoms with E-state index in [2.05, 4.69) is 34.5 Å². The standard InChI is InChI=1S/C17H30N4/c1-5-7-10-15(6-2)12-19-17(18-4)20-13-16-11-8-9-14(3)21-16/h8-9,11,15H,5-7,10,12-13H2,1-4H3,(H2,18,19,20). The normalized spacial score (nSPS) is 13.0. The molecule has 0 aliphatic heterocycles. The number of aryl methyl sites for hydroxylation is 1. The zero-order valence-electron chi connectivity index (χ0n) is 13.9. The van der Waals surface area contributed by atoms with E-state index in [9.17, 15) is 0 Å². The molecule has 4 heteroatoms. The minimum Gasteiger partial charge on any atom is -0.356 e. The molecule has 0 radical (unpaired) electrons. The number of aliphatic imine (C=N–C) groups is 1. The minimum atomic E-state index is 0.701. The fraction of sp³-hybridized carbons (Fsp3) is 0.647. The van der Waals surface area contributed by atoms with Crippen molar-refractivity contribution in [2.45, 2.75) is 53.0 Å². The third kappa shape index (κ3) is 7.11. The highest BCUT2D eigenvalue weighted by atomic mass is 15.2. The third-order valence-electron chi connectivity index (χ3n) is 3.71. The summed E-state index contributed by atoms with van der Waals surface area (Å²) in [4.78, 5) is 8.76. The molecule has 118 valence electrons. The van der Waals surface area contributed by atoms with Crippen molar-refractivity contribution in [3.05, 3.63) is 29.6 Å². The van der Waals surface area contributed by atoms with Gasteiger partial charge in [0.05, 0.1) is 12.2 Å². The van der Waals surface area contributed by atoms with Crippen LogP contribution in [0.5, 0.6) is 0 Å². The molecule has 2 N–H and O–H groups in total. The van der Waals surface area contributed by atoms with Crippen LogP contribution in [0.25, 0.3) is 0 Å². The van der Waals surface area contributed by atoms with Gasteiger partial charge in [-0.2, -0.15) is 0 Å². The molecule has 0 fully saturated rings. The first-order valence-electron chi connectivity index (χ1n) is 8.06. The Morgan fingerprint density at radius 1 is 1.29 bits per heavy atom. The zero-order valence-corrected chi connectivity index (χ0v) is 13.9. The van der Waals surface area contributed by atoms with Gasteiger partial charge in [-0.15, -0.1) is 0 Å². The summed E-state index contributed by atoms with van der Waals surface area (Å²) in [5.41, 5.74) is 2.08. The molecule has 0 saturated heterocycles. The lowest BCUT2D eigenvalue weighted by molar-refractivity contribution is 0.443. The van der Waals surface area contributed by atoms with E-state index in [0.29, 0.717) is 6.54 Å². The summed E-state index contributed by atoms with van der Waals surface area (Å²) in [6.45, 7) is 8.20. The van der Waals surface area contributed by atoms with E-state index in [1.54, 1.807) is 0 Å². The van der Waals surface area contributed by atoms with E-state index in [1.807, 2.05) is 32.2 Å². The molecule has 0 bridgehead atoms. The quantitative estimate of drug-likeness (QED) is 0.570. The van der Waals surface area contributed by atoms with Gasteiger partial charge in [0.25, 0.3) is 0 Å². The number of nitrogens with zero attached hydrogens (tertiary/aromatic N) is 2. The van der Waals surface area contributed by atoms with Crippen LogP contribution in [-0.4, -0.2) is 24.5 Å². The number of hydrogen-bond donors (Lipinski definition) is 2. The Labute approximate surface area is 129 Å². The molecule has 0 spiro atoms. The fourth-order valence-electron chi connectivity index (χ4n) is 2.28. The molecule has 0 saturated carbocycles. The van der Waals surface area contributed by atoms with E-state index in [4.69, 9.17) is 0 Å². The van der Waals surface area contributed by atoms with E-state index in [1.165, 1.54) is 25.7 Å². The van der Waals surface area contributed by atoms with Crippen LogP contribution in [-0.2, 0) is 6.54 Å². The number of pyridine rings is 1. The molecule has 1 aromatic rings. The summed E-state index contributed by atoms with van der Waals surface area (Å²) in [5.74, 6) is 1.58. The SMILES string of the molecule is CCCCC(CC)CNC(=NC)NCc1cccc(C)n1. The smallest absolute Gasteiger partial charge is 0.191 e. The summed E-state index contributed by atoms with van der Waals surface area (Å²) in [6, 6.07) is 6.08. The van der Waals surface area contributed by atoms with Crippen LogP contribution < -0.4 is 10.6 Å². The van der Waals surface area contributed by atoms with Crippen LogP contribution in [0, 0.1) is 12.8 Å². The van der Waals surface area contributed by atoms with E-state index >= 15 is 0 Å². The monoisotopic (exact) mass is 290 g/mol. The average molecular weight is 290 g/mol. The molecule has 21 heavy (non-hydrogen) atoms. The van der Waals surface area contributed by atoms with Crippen LogP contribution in [0.15, 0.2) is 23.2 Å². The minimum absolute atomic E-state index is 0.701. The second-order valence-corrected chi connectivity index (χ2v) is 5.49. The van der Waals surface area contributed by atoms with Crippen LogP contribution in [0.1, 0.15) is 50.9 Å². The van der Waals surface area contributed by atoms with Gasteiger partial charge in [-0.25, -0.2) is 0 Å². The lowest BCUT2D eigenvalue weighted by atomic mass is 9.99. The molecule has 0 aliphatic carbocycles. The van der Waals surface area contributed by atoms with E-state index < -0.39 is 0 Å². The highest BCUT2D eigenvalue weighted by molar-refractivity contribution is 5.79. The highest BCUT2D eigenvalue weighted by Gasteiger charge is 2.07. The molecule has 0 amide bonds. The van der Waals surface area contributed by atoms with Crippen LogP contribution >= 0.6 is 0 Å². The Bertz CT molecular complexity index is 429. The zero-order chi connectivity index (χ0) is 15.5. The summed E-state index contributed by atoms with van der Waals surface area (Å²) in [7, 11) is 1.81. The van der Waals surface area contributed by atoms with Crippen molar-refractivity contribution in [3.8, 4) is 0 Å². The Morgan fingerprint density at radius 3 is 2.71 bits per heavy atom. The number of nitrogens with one attached hydrogen (secondary N) is 2. The van der Waals surface area contributed by atoms with Gasteiger partial charge in [0.2, 0.25) is 0 Å². The summed E-state index contributed by atoms with van der Waals surface area (Å²) in [5, 5.41) is 6.75. The van der Waals surface area contributed by atoms with Gasteiger partial charge in [0.1, 0.15) is 0 Å². The summed E-state index contributed by atoms with van der Waals surface area (Å²) < 4.78 is 0. The Morgan fingerprint density at radius 2 is 2.10 bits per heavy atom. The first-order chi connectivity index (χ1) is 10.2. The molecule has 1 unspecified atom stereocenters. The first-order valence-corrected chi connectivity index (χ1v) is 8.06. The van der Waals surface area contributed by atoms with E-state index in [0.717, 1.165) is 29.8 Å². The molecule has 1 atom stereocenters. The molecule has 4 nitrogen and oxygen atoms in total. The first kappa shape index (κ1) is 17.5. The summed E-state index contributed by atoms with van der Waals surface area (Å²) in [6.07, 6.45) is 5.07. The number of unbranched alkanes of at least 4 members (excludes halogenated alkanes) is 1. The Balaban J connectivity index is 2.38. The van der Waals surface area contributed by atoms with Crippen LogP contribution in [0.4, 0.5) is 0 Å². The fourth-order valence-corrected chi connectivity index (χ4v) is 2.28. The molecule has 1 aromatic heterocycles. The van der Waals surface area contributed by atoms with Gasteiger partial charge < -0.3 is 10.6 Å². The number of aromatic nitrogens is 1. The highest BCUT2D eigenvalue weighted by Crippen LogP contribution is 2.11. The molecule has 0 aromatic carbocycles. The van der Waals surface area contributed by atoms with Crippen molar-refractivity contribution in [3.63, 3.8) is 0 Å². The lowest BCUT2D eigenvalue weighted by Gasteiger charge is -2.18. The molecule has 0 aliphatic rings. The molecular formula is C17H30N4. The maximum Gasteiger partial charge on any atom is 0.191 e. The number of rotatable bonds is 8. The second kappa shape index (κ2) is 10.2. The van der Waals surface area contributed by atoms with Gasteiger partial charge in [-0.1, -0.05) is 39.2 Å². The van der Waals surface area contributed by atoms with Gasteiger partial charge in [0, 0.05) is 19.3 Å². The molecule has 1 rings (SSSR count). The molecule has 1 heterocycles. The topological polar surface area (TPSA) is 49.3 Å². The third-order valence-corrected chi connectivity index (χ3v) is 3.71. The van der Waals surface area contributed by atoms with Crippen LogP contribution in [0.3, 0.4) is 0 Å². The number of hydrogen-bond acceptors (Lipinski definition) is 2. The van der Waals surface area contributed by atoms with Crippen molar-refractivity contribution in [2.75, 3.05) is 13.6 Å². The van der Waals surface area contributed by atoms with Crippen LogP contribution in [0.2, 0.25) is 0 Å². The maximum absolute atomic E-state index is 4.49. The summed E-state index contributed by atoms with van der Waals surface area (Å²) >= 11 is 0. The van der Waals surface area contributed by atoms with Gasteiger partial charge in [0.15, 0.2) is 5.96 Å². The van der Waals surface area contributed by atoms with Crippen molar-refractivity contribution in [2.24, 2.45) is 10.9 Å². The Kier molecular flexibility index (Phi) is 8.48. The lowest BCUT2D eigenvalue weighted by Crippen LogP contribution is -2.39. The predicted molar refractivity (Wildman–Crippen MR) is 90.5 cm³/mol. The maximum atomic E-state index is 4.49. The average Bonchev–Trinajstić information content (AvgIpc) is 2.50. The Hall–Kier alpha value is -1.58. The van der Waals surface area contributed by atoms with Crippen molar-refractivity contribution >= 4 is 5.96 Å². The molecular weight excluding hydrogens is 260 g/mol. The van der Waals surface area contributed by atoms with Crippen molar-refractivity contribution < 1.29 is 0 Å². The number of guanidine groups is 1.